The van der Waals surface area contributed by atoms with E-state index in [1.165, 1.54) is 0 Å². The highest BCUT2D eigenvalue weighted by Gasteiger charge is 2.10. The Balaban J connectivity index is 1.58. The molecule has 2 aromatic carbocycles. The number of amides is 2. The largest absolute Gasteiger partial charge is 0.370 e. The van der Waals surface area contributed by atoms with Crippen molar-refractivity contribution < 1.29 is 4.79 Å². The Labute approximate surface area is 193 Å². The number of anilines is 3. The average Bonchev–Trinajstić information content (AvgIpc) is 2.76. The van der Waals surface area contributed by atoms with Crippen molar-refractivity contribution in [3.63, 3.8) is 0 Å². The van der Waals surface area contributed by atoms with Crippen LogP contribution in [0, 0.1) is 6.92 Å². The van der Waals surface area contributed by atoms with E-state index < -0.39 is 0 Å². The maximum atomic E-state index is 11.9. The van der Waals surface area contributed by atoms with Gasteiger partial charge in [0, 0.05) is 34.9 Å². The molecule has 0 radical (unpaired) electrons. The Bertz CT molecular complexity index is 1070. The quantitative estimate of drug-likeness (QED) is 0.373. The van der Waals surface area contributed by atoms with Gasteiger partial charge >= 0.3 is 6.03 Å². The van der Waals surface area contributed by atoms with Crippen molar-refractivity contribution in [3.8, 4) is 11.3 Å². The summed E-state index contributed by atoms with van der Waals surface area (Å²) in [6.07, 6.45) is 1.67. The maximum Gasteiger partial charge on any atom is 0.319 e. The van der Waals surface area contributed by atoms with Crippen molar-refractivity contribution in [2.45, 2.75) is 39.7 Å². The third-order valence-electron chi connectivity index (χ3n) is 5.21. The highest BCUT2D eigenvalue weighted by Crippen LogP contribution is 2.28. The van der Waals surface area contributed by atoms with E-state index >= 15 is 0 Å². The van der Waals surface area contributed by atoms with Gasteiger partial charge < -0.3 is 21.7 Å². The lowest BCUT2D eigenvalue weighted by Gasteiger charge is -2.13. The van der Waals surface area contributed by atoms with Crippen LogP contribution in [0.1, 0.15) is 31.4 Å². The Morgan fingerprint density at radius 1 is 1.16 bits per heavy atom. The fraction of sp³-hybridized carbons (Fsp3) is 0.292. The molecule has 8 heteroatoms. The summed E-state index contributed by atoms with van der Waals surface area (Å²) >= 11 is 6.25. The van der Waals surface area contributed by atoms with Gasteiger partial charge in [-0.05, 0) is 56.0 Å². The molecule has 0 bridgehead atoms. The van der Waals surface area contributed by atoms with E-state index in [2.05, 4.69) is 25.9 Å². The molecule has 1 heterocycles. The summed E-state index contributed by atoms with van der Waals surface area (Å²) in [5.41, 5.74) is 10.4. The lowest BCUT2D eigenvalue weighted by atomic mass is 10.1. The van der Waals surface area contributed by atoms with Crippen LogP contribution in [0.2, 0.25) is 5.02 Å². The minimum atomic E-state index is -0.194. The number of nitrogen functional groups attached to an aromatic ring is 1. The third kappa shape index (κ3) is 6.34. The van der Waals surface area contributed by atoms with Gasteiger partial charge in [-0.1, -0.05) is 42.8 Å². The van der Waals surface area contributed by atoms with Crippen molar-refractivity contribution in [2.75, 3.05) is 22.9 Å². The number of nitrogens with two attached hydrogens (primary N) is 1. The van der Waals surface area contributed by atoms with Crippen molar-refractivity contribution in [1.82, 2.24) is 15.3 Å². The summed E-state index contributed by atoms with van der Waals surface area (Å²) in [4.78, 5) is 20.6. The molecule has 0 fully saturated rings. The Morgan fingerprint density at radius 2 is 1.91 bits per heavy atom. The Morgan fingerprint density at radius 3 is 2.62 bits per heavy atom. The minimum Gasteiger partial charge on any atom is -0.370 e. The first kappa shape index (κ1) is 23.3. The zero-order valence-corrected chi connectivity index (χ0v) is 19.3. The predicted molar refractivity (Wildman–Crippen MR) is 132 cm³/mol. The van der Waals surface area contributed by atoms with Crippen LogP contribution in [-0.4, -0.2) is 28.6 Å². The molecule has 0 saturated carbocycles. The molecule has 0 aliphatic rings. The van der Waals surface area contributed by atoms with E-state index in [1.54, 1.807) is 0 Å². The molecule has 1 atom stereocenters. The number of nitrogens with zero attached hydrogens (tertiary/aromatic N) is 2. The number of carbonyl (C=O) groups excluding carboxylic acids is 1. The monoisotopic (exact) mass is 452 g/mol. The van der Waals surface area contributed by atoms with Crippen LogP contribution in [-0.2, 0) is 6.42 Å². The van der Waals surface area contributed by atoms with E-state index in [-0.39, 0.29) is 18.0 Å². The lowest BCUT2D eigenvalue weighted by Crippen LogP contribution is -2.35. The molecule has 1 aromatic heterocycles. The van der Waals surface area contributed by atoms with E-state index in [9.17, 15) is 4.79 Å². The summed E-state index contributed by atoms with van der Waals surface area (Å²) in [5.74, 6) is 0.863. The van der Waals surface area contributed by atoms with Crippen molar-refractivity contribution in [1.29, 1.82) is 0 Å². The van der Waals surface area contributed by atoms with E-state index in [0.29, 0.717) is 17.4 Å². The molecular formula is C24H29ClN6O. The summed E-state index contributed by atoms with van der Waals surface area (Å²) in [6, 6.07) is 15.3. The second kappa shape index (κ2) is 10.8. The van der Waals surface area contributed by atoms with Gasteiger partial charge in [-0.15, -0.1) is 0 Å². The van der Waals surface area contributed by atoms with Gasteiger partial charge in [-0.25, -0.2) is 9.78 Å². The normalized spacial score (nSPS) is 11.6. The average molecular weight is 453 g/mol. The fourth-order valence-corrected chi connectivity index (χ4v) is 3.34. The fourth-order valence-electron chi connectivity index (χ4n) is 3.16. The van der Waals surface area contributed by atoms with Crippen molar-refractivity contribution in [3.05, 3.63) is 64.7 Å². The number of urea groups is 1. The smallest absolute Gasteiger partial charge is 0.319 e. The number of rotatable bonds is 8. The second-order valence-corrected chi connectivity index (χ2v) is 8.10. The standard InChI is InChI=1S/C24H29ClN6O/c1-4-15(2)28-24(32)29-18-10-8-17(9-11-18)12-13-27-22-14-21(30-23(26)31-22)19-6-5-7-20(25)16(19)3/h5-11,14-15H,4,12-13H2,1-3H3,(H2,28,29,32)(H3,26,27,30,31). The van der Waals surface area contributed by atoms with Crippen molar-refractivity contribution >= 4 is 35.1 Å². The maximum absolute atomic E-state index is 11.9. The molecule has 0 aliphatic carbocycles. The molecule has 0 saturated heterocycles. The molecule has 0 spiro atoms. The first-order valence-electron chi connectivity index (χ1n) is 10.7. The zero-order valence-electron chi connectivity index (χ0n) is 18.6. The Hall–Kier alpha value is -3.32. The van der Waals surface area contributed by atoms with E-state index in [4.69, 9.17) is 17.3 Å². The lowest BCUT2D eigenvalue weighted by molar-refractivity contribution is 0.249. The van der Waals surface area contributed by atoms with Gasteiger partial charge in [0.1, 0.15) is 5.82 Å². The van der Waals surface area contributed by atoms with Crippen LogP contribution < -0.4 is 21.7 Å². The molecule has 3 aromatic rings. The number of aromatic nitrogens is 2. The molecule has 2 amide bonds. The summed E-state index contributed by atoms with van der Waals surface area (Å²) in [6.45, 7) is 6.63. The molecular weight excluding hydrogens is 424 g/mol. The molecule has 0 aliphatic heterocycles. The molecule has 168 valence electrons. The first-order chi connectivity index (χ1) is 15.4. The van der Waals surface area contributed by atoms with Gasteiger partial charge in [0.2, 0.25) is 5.95 Å². The summed E-state index contributed by atoms with van der Waals surface area (Å²) in [7, 11) is 0. The van der Waals surface area contributed by atoms with Crippen LogP contribution in [0.4, 0.5) is 22.2 Å². The van der Waals surface area contributed by atoms with E-state index in [1.807, 2.05) is 69.3 Å². The highest BCUT2D eigenvalue weighted by atomic mass is 35.5. The van der Waals surface area contributed by atoms with Gasteiger partial charge in [0.15, 0.2) is 0 Å². The zero-order chi connectivity index (χ0) is 23.1. The van der Waals surface area contributed by atoms with Crippen LogP contribution >= 0.6 is 11.6 Å². The van der Waals surface area contributed by atoms with Crippen LogP contribution in [0.5, 0.6) is 0 Å². The number of hydrogen-bond acceptors (Lipinski definition) is 5. The molecule has 7 nitrogen and oxygen atoms in total. The van der Waals surface area contributed by atoms with Gasteiger partial charge in [0.05, 0.1) is 5.69 Å². The molecule has 5 N–H and O–H groups in total. The number of halogens is 1. The van der Waals surface area contributed by atoms with Crippen molar-refractivity contribution in [2.24, 2.45) is 0 Å². The number of carbonyl (C=O) groups is 1. The Kier molecular flexibility index (Phi) is 7.89. The molecule has 32 heavy (non-hydrogen) atoms. The third-order valence-corrected chi connectivity index (χ3v) is 5.62. The molecule has 3 rings (SSSR count). The summed E-state index contributed by atoms with van der Waals surface area (Å²) in [5, 5.41) is 9.72. The SMILES string of the molecule is CCC(C)NC(=O)Nc1ccc(CCNc2cc(-c3cccc(Cl)c3C)nc(N)n2)cc1. The number of nitrogens with one attached hydrogen (secondary N) is 3. The van der Waals surface area contributed by atoms with Gasteiger partial charge in [-0.2, -0.15) is 4.98 Å². The topological polar surface area (TPSA) is 105 Å². The van der Waals surface area contributed by atoms with Gasteiger partial charge in [-0.3, -0.25) is 0 Å². The second-order valence-electron chi connectivity index (χ2n) is 7.69. The first-order valence-corrected chi connectivity index (χ1v) is 11.0. The van der Waals surface area contributed by atoms with Crippen LogP contribution in [0.3, 0.4) is 0 Å². The predicted octanol–water partition coefficient (Wildman–Crippen LogP) is 5.26. The highest BCUT2D eigenvalue weighted by molar-refractivity contribution is 6.31. The van der Waals surface area contributed by atoms with Crippen LogP contribution in [0.15, 0.2) is 48.5 Å². The molecule has 1 unspecified atom stereocenters. The summed E-state index contributed by atoms with van der Waals surface area (Å²) < 4.78 is 0. The van der Waals surface area contributed by atoms with Gasteiger partial charge in [0.25, 0.3) is 0 Å². The van der Waals surface area contributed by atoms with Crippen LogP contribution in [0.25, 0.3) is 11.3 Å². The van der Waals surface area contributed by atoms with E-state index in [0.717, 1.165) is 40.9 Å². The minimum absolute atomic E-state index is 0.138. The number of benzene rings is 2. The number of hydrogen-bond donors (Lipinski definition) is 4.